The minimum atomic E-state index is -3.41. The van der Waals surface area contributed by atoms with Crippen molar-refractivity contribution in [2.24, 2.45) is 16.8 Å². The van der Waals surface area contributed by atoms with E-state index in [0.717, 1.165) is 30.0 Å². The number of carbonyl (C=O) groups is 1. The molecule has 2 fully saturated rings. The predicted octanol–water partition coefficient (Wildman–Crippen LogP) is 2.04. The minimum absolute atomic E-state index is 0.0502. The largest absolute Gasteiger partial charge is 0.312 e. The van der Waals surface area contributed by atoms with Gasteiger partial charge in [-0.05, 0) is 44.4 Å². The standard InChI is InChI=1S/C17H27N3O3S/c1-3-13-5-7-14(8-6-13)15-18-16(21)17(19-15)9-11-20(12-10-17)24(22,23)4-2/h4,13-14H,2-3,5-12H2,1H3,(H,18,19,21)/t13-,14-. The maximum atomic E-state index is 12.5. The molecule has 1 saturated heterocycles. The van der Waals surface area contributed by atoms with Gasteiger partial charge in [-0.2, -0.15) is 4.31 Å². The van der Waals surface area contributed by atoms with E-state index in [0.29, 0.717) is 31.8 Å². The summed E-state index contributed by atoms with van der Waals surface area (Å²) in [7, 11) is -3.41. The Bertz CT molecular complexity index is 640. The third-order valence-corrected chi connectivity index (χ3v) is 7.44. The highest BCUT2D eigenvalue weighted by molar-refractivity contribution is 7.92. The molecule has 7 heteroatoms. The number of sulfonamides is 1. The monoisotopic (exact) mass is 353 g/mol. The maximum Gasteiger partial charge on any atom is 0.253 e. The zero-order chi connectivity index (χ0) is 17.4. The second kappa shape index (κ2) is 6.59. The number of piperidine rings is 1. The van der Waals surface area contributed by atoms with E-state index in [-0.39, 0.29) is 5.91 Å². The number of amidine groups is 1. The number of nitrogens with one attached hydrogen (secondary N) is 1. The normalized spacial score (nSPS) is 30.9. The van der Waals surface area contributed by atoms with Crippen LogP contribution in [0, 0.1) is 11.8 Å². The summed E-state index contributed by atoms with van der Waals surface area (Å²) in [6.45, 7) is 6.24. The van der Waals surface area contributed by atoms with Crippen LogP contribution in [0.5, 0.6) is 0 Å². The van der Waals surface area contributed by atoms with Crippen LogP contribution >= 0.6 is 0 Å². The van der Waals surface area contributed by atoms with Gasteiger partial charge in [0.05, 0.1) is 0 Å². The van der Waals surface area contributed by atoms with E-state index in [9.17, 15) is 13.2 Å². The fraction of sp³-hybridized carbons (Fsp3) is 0.765. The van der Waals surface area contributed by atoms with E-state index < -0.39 is 15.6 Å². The van der Waals surface area contributed by atoms with Crippen molar-refractivity contribution in [2.45, 2.75) is 57.4 Å². The number of hydrogen-bond donors (Lipinski definition) is 1. The van der Waals surface area contributed by atoms with Crippen LogP contribution in [0.15, 0.2) is 17.0 Å². The number of rotatable bonds is 4. The lowest BCUT2D eigenvalue weighted by Gasteiger charge is -2.34. The second-order valence-electron chi connectivity index (χ2n) is 7.22. The van der Waals surface area contributed by atoms with Crippen molar-refractivity contribution in [3.8, 4) is 0 Å². The van der Waals surface area contributed by atoms with Gasteiger partial charge in [0.2, 0.25) is 10.0 Å². The van der Waals surface area contributed by atoms with Crippen LogP contribution in [-0.2, 0) is 14.8 Å². The molecule has 0 aromatic carbocycles. The molecule has 0 bridgehead atoms. The summed E-state index contributed by atoms with van der Waals surface area (Å²) in [5, 5.41) is 3.98. The minimum Gasteiger partial charge on any atom is -0.312 e. The maximum absolute atomic E-state index is 12.5. The fourth-order valence-corrected chi connectivity index (χ4v) is 5.04. The van der Waals surface area contributed by atoms with Crippen molar-refractivity contribution in [3.63, 3.8) is 0 Å². The Labute approximate surface area is 144 Å². The lowest BCUT2D eigenvalue weighted by molar-refractivity contribution is -0.124. The molecule has 2 heterocycles. The lowest BCUT2D eigenvalue weighted by Crippen LogP contribution is -2.50. The van der Waals surface area contributed by atoms with E-state index in [1.54, 1.807) is 0 Å². The first-order valence-corrected chi connectivity index (χ1v) is 10.4. The molecule has 24 heavy (non-hydrogen) atoms. The first-order valence-electron chi connectivity index (χ1n) is 8.94. The summed E-state index contributed by atoms with van der Waals surface area (Å²) in [6, 6.07) is 0. The van der Waals surface area contributed by atoms with Crippen molar-refractivity contribution >= 4 is 21.8 Å². The molecule has 0 radical (unpaired) electrons. The number of aliphatic imine (C=N–C) groups is 1. The second-order valence-corrected chi connectivity index (χ2v) is 9.10. The van der Waals surface area contributed by atoms with Gasteiger partial charge < -0.3 is 5.32 Å². The zero-order valence-electron chi connectivity index (χ0n) is 14.3. The molecule has 1 spiro atoms. The summed E-state index contributed by atoms with van der Waals surface area (Å²) in [6.07, 6.45) is 6.70. The molecule has 0 aromatic heterocycles. The SMILES string of the molecule is C=CS(=O)(=O)N1CCC2(CC1)N=C([C@H]1CC[C@H](CC)CC1)NC2=O. The van der Waals surface area contributed by atoms with Crippen LogP contribution in [0.3, 0.4) is 0 Å². The van der Waals surface area contributed by atoms with E-state index in [1.807, 2.05) is 0 Å². The van der Waals surface area contributed by atoms with Crippen LogP contribution in [-0.4, -0.2) is 43.1 Å². The molecule has 1 aliphatic carbocycles. The summed E-state index contributed by atoms with van der Waals surface area (Å²) >= 11 is 0. The van der Waals surface area contributed by atoms with Gasteiger partial charge in [-0.1, -0.05) is 19.9 Å². The number of nitrogens with zero attached hydrogens (tertiary/aromatic N) is 2. The van der Waals surface area contributed by atoms with E-state index in [1.165, 1.54) is 23.6 Å². The van der Waals surface area contributed by atoms with Gasteiger partial charge in [-0.15, -0.1) is 0 Å². The molecule has 6 nitrogen and oxygen atoms in total. The van der Waals surface area contributed by atoms with Crippen LogP contribution in [0.2, 0.25) is 0 Å². The molecule has 0 atom stereocenters. The highest BCUT2D eigenvalue weighted by Crippen LogP contribution is 2.36. The molecule has 1 N–H and O–H groups in total. The molecule has 3 aliphatic rings. The van der Waals surface area contributed by atoms with Crippen molar-refractivity contribution in [1.29, 1.82) is 0 Å². The molecule has 1 amide bonds. The van der Waals surface area contributed by atoms with E-state index in [4.69, 9.17) is 4.99 Å². The van der Waals surface area contributed by atoms with Crippen molar-refractivity contribution in [1.82, 2.24) is 9.62 Å². The van der Waals surface area contributed by atoms with Crippen molar-refractivity contribution in [3.05, 3.63) is 12.0 Å². The van der Waals surface area contributed by atoms with Crippen LogP contribution < -0.4 is 5.32 Å². The quantitative estimate of drug-likeness (QED) is 0.840. The Morgan fingerprint density at radius 3 is 2.46 bits per heavy atom. The van der Waals surface area contributed by atoms with Crippen LogP contribution in [0.4, 0.5) is 0 Å². The smallest absolute Gasteiger partial charge is 0.253 e. The topological polar surface area (TPSA) is 78.8 Å². The first kappa shape index (κ1) is 17.6. The van der Waals surface area contributed by atoms with Gasteiger partial charge in [0, 0.05) is 24.4 Å². The third kappa shape index (κ3) is 3.16. The average Bonchev–Trinajstić information content (AvgIpc) is 2.92. The zero-order valence-corrected chi connectivity index (χ0v) is 15.1. The first-order chi connectivity index (χ1) is 11.4. The van der Waals surface area contributed by atoms with Gasteiger partial charge >= 0.3 is 0 Å². The van der Waals surface area contributed by atoms with Crippen LogP contribution in [0.25, 0.3) is 0 Å². The molecule has 0 unspecified atom stereocenters. The summed E-state index contributed by atoms with van der Waals surface area (Å²) in [5.41, 5.74) is -0.760. The summed E-state index contributed by atoms with van der Waals surface area (Å²) < 4.78 is 25.2. The molecular weight excluding hydrogens is 326 g/mol. The van der Waals surface area contributed by atoms with Gasteiger partial charge in [0.1, 0.15) is 11.4 Å². The van der Waals surface area contributed by atoms with Crippen LogP contribution in [0.1, 0.15) is 51.9 Å². The average molecular weight is 353 g/mol. The molecular formula is C17H27N3O3S. The highest BCUT2D eigenvalue weighted by atomic mass is 32.2. The predicted molar refractivity (Wildman–Crippen MR) is 94.0 cm³/mol. The van der Waals surface area contributed by atoms with E-state index in [2.05, 4.69) is 18.8 Å². The fourth-order valence-electron chi connectivity index (χ4n) is 4.13. The number of carbonyl (C=O) groups excluding carboxylic acids is 1. The molecule has 2 aliphatic heterocycles. The Kier molecular flexibility index (Phi) is 4.84. The third-order valence-electron chi connectivity index (χ3n) is 5.93. The number of amides is 1. The van der Waals surface area contributed by atoms with Gasteiger partial charge in [0.25, 0.3) is 5.91 Å². The highest BCUT2D eigenvalue weighted by Gasteiger charge is 2.48. The lowest BCUT2D eigenvalue weighted by atomic mass is 9.80. The van der Waals surface area contributed by atoms with E-state index >= 15 is 0 Å². The number of hydrogen-bond acceptors (Lipinski definition) is 4. The molecule has 0 aromatic rings. The van der Waals surface area contributed by atoms with Gasteiger partial charge in [0.15, 0.2) is 0 Å². The summed E-state index contributed by atoms with van der Waals surface area (Å²) in [4.78, 5) is 17.3. The Morgan fingerprint density at radius 1 is 1.29 bits per heavy atom. The van der Waals surface area contributed by atoms with Crippen molar-refractivity contribution < 1.29 is 13.2 Å². The Hall–Kier alpha value is -1.21. The summed E-state index contributed by atoms with van der Waals surface area (Å²) in [5.74, 6) is 1.95. The van der Waals surface area contributed by atoms with Gasteiger partial charge in [-0.25, -0.2) is 8.42 Å². The van der Waals surface area contributed by atoms with Gasteiger partial charge in [-0.3, -0.25) is 9.79 Å². The Morgan fingerprint density at radius 2 is 1.92 bits per heavy atom. The molecule has 3 rings (SSSR count). The Balaban J connectivity index is 1.68. The molecule has 1 saturated carbocycles. The van der Waals surface area contributed by atoms with Crippen molar-refractivity contribution in [2.75, 3.05) is 13.1 Å². The molecule has 134 valence electrons.